The molecule has 0 aliphatic carbocycles. The predicted molar refractivity (Wildman–Crippen MR) is 81.2 cm³/mol. The van der Waals surface area contributed by atoms with Crippen molar-refractivity contribution in [3.05, 3.63) is 0 Å². The van der Waals surface area contributed by atoms with Gasteiger partial charge in [-0.15, -0.1) is 0 Å². The Balaban J connectivity index is 0. The summed E-state index contributed by atoms with van der Waals surface area (Å²) in [6.45, 7) is 1.51. The molecule has 0 fully saturated rings. The molecule has 0 aliphatic heterocycles. The highest BCUT2D eigenvalue weighted by Crippen LogP contribution is 2.10. The van der Waals surface area contributed by atoms with Crippen molar-refractivity contribution >= 4 is 5.91 Å². The SMILES string of the molecule is CCCCCCCCCCCC(N)=O.OCC(O)CO. The van der Waals surface area contributed by atoms with Crippen molar-refractivity contribution in [3.63, 3.8) is 0 Å². The van der Waals surface area contributed by atoms with Gasteiger partial charge in [0.1, 0.15) is 6.10 Å². The summed E-state index contributed by atoms with van der Waals surface area (Å²) >= 11 is 0. The lowest BCUT2D eigenvalue weighted by Gasteiger charge is -2.00. The molecular weight excluding hydrogens is 258 g/mol. The molecule has 0 heterocycles. The molecule has 0 bridgehead atoms. The number of hydrogen-bond acceptors (Lipinski definition) is 4. The molecule has 0 aromatic heterocycles. The number of carbonyl (C=O) groups is 1. The maximum absolute atomic E-state index is 10.4. The minimum absolute atomic E-state index is 0.159. The van der Waals surface area contributed by atoms with Gasteiger partial charge in [-0.2, -0.15) is 0 Å². The van der Waals surface area contributed by atoms with Crippen molar-refractivity contribution in [2.75, 3.05) is 13.2 Å². The molecule has 0 radical (unpaired) electrons. The van der Waals surface area contributed by atoms with E-state index >= 15 is 0 Å². The Morgan fingerprint density at radius 3 is 1.60 bits per heavy atom. The third-order valence-corrected chi connectivity index (χ3v) is 2.95. The van der Waals surface area contributed by atoms with Crippen LogP contribution in [0.2, 0.25) is 0 Å². The van der Waals surface area contributed by atoms with E-state index < -0.39 is 6.10 Å². The molecule has 0 aromatic carbocycles. The van der Waals surface area contributed by atoms with E-state index in [-0.39, 0.29) is 19.1 Å². The summed E-state index contributed by atoms with van der Waals surface area (Å²) in [7, 11) is 0. The molecule has 20 heavy (non-hydrogen) atoms. The topological polar surface area (TPSA) is 104 Å². The molecule has 122 valence electrons. The summed E-state index contributed by atoms with van der Waals surface area (Å²) in [4.78, 5) is 10.4. The van der Waals surface area contributed by atoms with Gasteiger partial charge in [-0.3, -0.25) is 4.79 Å². The minimum Gasteiger partial charge on any atom is -0.394 e. The van der Waals surface area contributed by atoms with Gasteiger partial charge in [0.25, 0.3) is 0 Å². The molecule has 0 saturated heterocycles. The molecular formula is C15H33NO4. The molecule has 0 aliphatic rings. The molecule has 0 rings (SSSR count). The fraction of sp³-hybridized carbons (Fsp3) is 0.933. The normalized spacial score (nSPS) is 10.2. The van der Waals surface area contributed by atoms with Crippen molar-refractivity contribution in [1.29, 1.82) is 0 Å². The lowest BCUT2D eigenvalue weighted by atomic mass is 10.1. The molecule has 0 spiro atoms. The van der Waals surface area contributed by atoms with Crippen LogP contribution in [0.25, 0.3) is 0 Å². The van der Waals surface area contributed by atoms with Crippen LogP contribution in [0.4, 0.5) is 0 Å². The highest BCUT2D eigenvalue weighted by Gasteiger charge is 1.95. The zero-order valence-corrected chi connectivity index (χ0v) is 12.9. The number of aliphatic hydroxyl groups is 3. The molecule has 1 amide bonds. The Morgan fingerprint density at radius 1 is 0.900 bits per heavy atom. The summed E-state index contributed by atoms with van der Waals surface area (Å²) in [6.07, 6.45) is 11.2. The highest BCUT2D eigenvalue weighted by atomic mass is 16.3. The van der Waals surface area contributed by atoms with Crippen LogP contribution in [0, 0.1) is 0 Å². The van der Waals surface area contributed by atoms with Crippen LogP contribution in [0.3, 0.4) is 0 Å². The number of nitrogens with two attached hydrogens (primary N) is 1. The first kappa shape index (κ1) is 21.6. The average molecular weight is 291 g/mol. The monoisotopic (exact) mass is 291 g/mol. The van der Waals surface area contributed by atoms with Crippen molar-refractivity contribution in [3.8, 4) is 0 Å². The van der Waals surface area contributed by atoms with E-state index in [1.165, 1.54) is 44.9 Å². The van der Waals surface area contributed by atoms with Gasteiger partial charge < -0.3 is 21.1 Å². The van der Waals surface area contributed by atoms with Gasteiger partial charge in [0.2, 0.25) is 5.91 Å². The molecule has 0 aromatic rings. The van der Waals surface area contributed by atoms with Crippen LogP contribution in [0.1, 0.15) is 71.1 Å². The first-order chi connectivity index (χ1) is 9.58. The molecule has 5 nitrogen and oxygen atoms in total. The molecule has 0 atom stereocenters. The van der Waals surface area contributed by atoms with Crippen molar-refractivity contribution in [2.24, 2.45) is 5.73 Å². The lowest BCUT2D eigenvalue weighted by Crippen LogP contribution is -2.15. The van der Waals surface area contributed by atoms with Gasteiger partial charge >= 0.3 is 0 Å². The maximum Gasteiger partial charge on any atom is 0.217 e. The summed E-state index contributed by atoms with van der Waals surface area (Å²) in [5.41, 5.74) is 5.05. The van der Waals surface area contributed by atoms with Crippen LogP contribution >= 0.6 is 0 Å². The second kappa shape index (κ2) is 18.4. The third kappa shape index (κ3) is 22.5. The van der Waals surface area contributed by atoms with Gasteiger partial charge in [-0.1, -0.05) is 58.3 Å². The Bertz CT molecular complexity index is 196. The fourth-order valence-electron chi connectivity index (χ4n) is 1.67. The molecule has 0 unspecified atom stereocenters. The number of hydrogen-bond donors (Lipinski definition) is 4. The van der Waals surface area contributed by atoms with Crippen LogP contribution in [-0.4, -0.2) is 40.5 Å². The van der Waals surface area contributed by atoms with Crippen molar-refractivity contribution in [1.82, 2.24) is 0 Å². The van der Waals surface area contributed by atoms with Crippen LogP contribution in [0.15, 0.2) is 0 Å². The first-order valence-corrected chi connectivity index (χ1v) is 7.76. The van der Waals surface area contributed by atoms with Gasteiger partial charge in [-0.05, 0) is 6.42 Å². The number of primary amides is 1. The average Bonchev–Trinajstić information content (AvgIpc) is 2.45. The zero-order chi connectivity index (χ0) is 15.6. The van der Waals surface area contributed by atoms with Gasteiger partial charge in [0, 0.05) is 6.42 Å². The van der Waals surface area contributed by atoms with Gasteiger partial charge in [0.15, 0.2) is 0 Å². The van der Waals surface area contributed by atoms with E-state index in [0.29, 0.717) is 6.42 Å². The van der Waals surface area contributed by atoms with E-state index in [9.17, 15) is 4.79 Å². The Morgan fingerprint density at radius 2 is 1.30 bits per heavy atom. The number of rotatable bonds is 12. The fourth-order valence-corrected chi connectivity index (χ4v) is 1.67. The summed E-state index contributed by atoms with van der Waals surface area (Å²) in [5.74, 6) is -0.159. The largest absolute Gasteiger partial charge is 0.394 e. The maximum atomic E-state index is 10.4. The Hall–Kier alpha value is -0.650. The molecule has 5 heteroatoms. The summed E-state index contributed by atoms with van der Waals surface area (Å²) in [6, 6.07) is 0. The first-order valence-electron chi connectivity index (χ1n) is 7.76. The highest BCUT2D eigenvalue weighted by molar-refractivity contribution is 5.73. The van der Waals surface area contributed by atoms with E-state index in [1.54, 1.807) is 0 Å². The van der Waals surface area contributed by atoms with E-state index in [4.69, 9.17) is 21.1 Å². The number of aliphatic hydroxyl groups excluding tert-OH is 3. The third-order valence-electron chi connectivity index (χ3n) is 2.95. The smallest absolute Gasteiger partial charge is 0.217 e. The number of amides is 1. The van der Waals surface area contributed by atoms with Crippen molar-refractivity contribution in [2.45, 2.75) is 77.2 Å². The van der Waals surface area contributed by atoms with Gasteiger partial charge in [-0.25, -0.2) is 0 Å². The summed E-state index contributed by atoms with van der Waals surface area (Å²) in [5, 5.41) is 24.0. The number of carbonyl (C=O) groups excluding carboxylic acids is 1. The van der Waals surface area contributed by atoms with Crippen LogP contribution < -0.4 is 5.73 Å². The second-order valence-electron chi connectivity index (χ2n) is 5.06. The zero-order valence-electron chi connectivity index (χ0n) is 12.9. The van der Waals surface area contributed by atoms with E-state index in [1.807, 2.05) is 0 Å². The predicted octanol–water partition coefficient (Wildman–Crippen LogP) is 1.72. The molecule has 0 saturated carbocycles. The van der Waals surface area contributed by atoms with Crippen LogP contribution in [0.5, 0.6) is 0 Å². The van der Waals surface area contributed by atoms with E-state index in [2.05, 4.69) is 6.92 Å². The second-order valence-corrected chi connectivity index (χ2v) is 5.06. The van der Waals surface area contributed by atoms with E-state index in [0.717, 1.165) is 12.8 Å². The van der Waals surface area contributed by atoms with Gasteiger partial charge in [0.05, 0.1) is 13.2 Å². The molecule has 5 N–H and O–H groups in total. The Labute approximate surface area is 123 Å². The Kier molecular flexibility index (Phi) is 19.9. The quantitative estimate of drug-likeness (QED) is 0.411. The van der Waals surface area contributed by atoms with Crippen LogP contribution in [-0.2, 0) is 4.79 Å². The standard InChI is InChI=1S/C12H25NO.C3H8O3/c1-2-3-4-5-6-7-8-9-10-11-12(13)14;4-1-3(6)2-5/h2-11H2,1H3,(H2,13,14);3-6H,1-2H2. The van der Waals surface area contributed by atoms with Crippen molar-refractivity contribution < 1.29 is 20.1 Å². The summed E-state index contributed by atoms with van der Waals surface area (Å²) < 4.78 is 0. The number of unbranched alkanes of at least 4 members (excludes halogenated alkanes) is 8. The minimum atomic E-state index is -0.954. The lowest BCUT2D eigenvalue weighted by molar-refractivity contribution is -0.118.